The number of nitrogen functional groups attached to an aromatic ring is 1. The van der Waals surface area contributed by atoms with Gasteiger partial charge in [-0.15, -0.1) is 5.10 Å². The van der Waals surface area contributed by atoms with Crippen molar-refractivity contribution in [3.63, 3.8) is 0 Å². The lowest BCUT2D eigenvalue weighted by molar-refractivity contribution is 0.632. The minimum atomic E-state index is -0.361. The Balaban J connectivity index is 2.32. The number of nitrogens with two attached hydrogens (primary N) is 1. The zero-order valence-electron chi connectivity index (χ0n) is 8.18. The minimum absolute atomic E-state index is 0.361. The van der Waals surface area contributed by atoms with E-state index in [0.29, 0.717) is 22.5 Å². The van der Waals surface area contributed by atoms with Crippen LogP contribution in [-0.4, -0.2) is 19.7 Å². The molecule has 0 saturated carbocycles. The first-order chi connectivity index (χ1) is 7.75. The number of pyridine rings is 1. The van der Waals surface area contributed by atoms with E-state index in [0.717, 1.165) is 0 Å². The lowest BCUT2D eigenvalue weighted by atomic mass is 10.3. The van der Waals surface area contributed by atoms with Gasteiger partial charge in [0.2, 0.25) is 0 Å². The lowest BCUT2D eigenvalue weighted by Crippen LogP contribution is -2.01. The number of aromatic nitrogens is 4. The van der Waals surface area contributed by atoms with Crippen molar-refractivity contribution in [3.8, 4) is 5.82 Å². The highest BCUT2D eigenvalue weighted by atomic mass is 19.1. The number of H-pyrrole nitrogens is 1. The molecule has 80 valence electrons. The van der Waals surface area contributed by atoms with Crippen LogP contribution < -0.4 is 5.73 Å². The summed E-state index contributed by atoms with van der Waals surface area (Å²) in [5.74, 6) is 0.559. The van der Waals surface area contributed by atoms with E-state index in [4.69, 9.17) is 5.73 Å². The molecule has 0 spiro atoms. The third-order valence-electron chi connectivity index (χ3n) is 2.35. The van der Waals surface area contributed by atoms with Crippen molar-refractivity contribution in [2.45, 2.75) is 0 Å². The van der Waals surface area contributed by atoms with Gasteiger partial charge in [0.25, 0.3) is 0 Å². The number of aromatic amines is 1. The summed E-state index contributed by atoms with van der Waals surface area (Å²) in [6, 6.07) is 3.31. The monoisotopic (exact) mass is 217 g/mol. The fourth-order valence-electron chi connectivity index (χ4n) is 1.64. The largest absolute Gasteiger partial charge is 0.382 e. The number of hydrogen-bond acceptors (Lipinski definition) is 3. The van der Waals surface area contributed by atoms with Gasteiger partial charge in [-0.25, -0.2) is 14.1 Å². The third-order valence-corrected chi connectivity index (χ3v) is 2.35. The van der Waals surface area contributed by atoms with Crippen LogP contribution in [0, 0.1) is 5.82 Å². The van der Waals surface area contributed by atoms with Crippen LogP contribution in [0.4, 0.5) is 10.2 Å². The van der Waals surface area contributed by atoms with E-state index >= 15 is 0 Å². The molecule has 3 rings (SSSR count). The molecule has 5 nitrogen and oxygen atoms in total. The zero-order valence-corrected chi connectivity index (χ0v) is 8.18. The Morgan fingerprint density at radius 3 is 3.00 bits per heavy atom. The van der Waals surface area contributed by atoms with Gasteiger partial charge in [0.05, 0.1) is 11.7 Å². The zero-order chi connectivity index (χ0) is 11.1. The molecule has 0 aliphatic rings. The summed E-state index contributed by atoms with van der Waals surface area (Å²) >= 11 is 0. The van der Waals surface area contributed by atoms with E-state index in [1.807, 2.05) is 0 Å². The third kappa shape index (κ3) is 1.16. The van der Waals surface area contributed by atoms with Crippen molar-refractivity contribution in [3.05, 3.63) is 36.5 Å². The van der Waals surface area contributed by atoms with Gasteiger partial charge in [0.1, 0.15) is 5.82 Å². The van der Waals surface area contributed by atoms with E-state index in [2.05, 4.69) is 15.1 Å². The van der Waals surface area contributed by atoms with Crippen LogP contribution in [0.2, 0.25) is 0 Å². The molecule has 6 heteroatoms. The predicted molar refractivity (Wildman–Crippen MR) is 57.6 cm³/mol. The standard InChI is InChI=1S/C10H8FN5/c11-7-5-14-10(9-6(7)1-3-13-9)16-4-2-8(12)15-16/h1-5,13H,(H2,12,15). The molecule has 0 aromatic carbocycles. The molecule has 3 N–H and O–H groups in total. The Hall–Kier alpha value is -2.37. The second-order valence-electron chi connectivity index (χ2n) is 3.38. The van der Waals surface area contributed by atoms with E-state index in [1.165, 1.54) is 10.9 Å². The van der Waals surface area contributed by atoms with E-state index < -0.39 is 0 Å². The van der Waals surface area contributed by atoms with Gasteiger partial charge in [-0.05, 0) is 6.07 Å². The molecule has 3 aromatic heterocycles. The minimum Gasteiger partial charge on any atom is -0.382 e. The fourth-order valence-corrected chi connectivity index (χ4v) is 1.64. The summed E-state index contributed by atoms with van der Waals surface area (Å²) in [6.45, 7) is 0. The topological polar surface area (TPSA) is 72.5 Å². The maximum Gasteiger partial charge on any atom is 0.178 e. The van der Waals surface area contributed by atoms with Crippen LogP contribution in [0.5, 0.6) is 0 Å². The number of nitrogens with one attached hydrogen (secondary N) is 1. The summed E-state index contributed by atoms with van der Waals surface area (Å²) in [5, 5.41) is 4.52. The number of halogens is 1. The van der Waals surface area contributed by atoms with E-state index in [-0.39, 0.29) is 5.82 Å². The predicted octanol–water partition coefficient (Wildman–Crippen LogP) is 1.47. The fraction of sp³-hybridized carbons (Fsp3) is 0. The van der Waals surface area contributed by atoms with Crippen molar-refractivity contribution >= 4 is 16.7 Å². The average Bonchev–Trinajstić information content (AvgIpc) is 2.87. The maximum atomic E-state index is 13.4. The Kier molecular flexibility index (Phi) is 1.70. The molecule has 3 heterocycles. The molecule has 0 radical (unpaired) electrons. The number of hydrogen-bond donors (Lipinski definition) is 2. The second-order valence-corrected chi connectivity index (χ2v) is 3.38. The maximum absolute atomic E-state index is 13.4. The van der Waals surface area contributed by atoms with Gasteiger partial charge >= 0.3 is 0 Å². The average molecular weight is 217 g/mol. The number of rotatable bonds is 1. The molecule has 0 unspecified atom stereocenters. The molecule has 0 bridgehead atoms. The molecular weight excluding hydrogens is 209 g/mol. The van der Waals surface area contributed by atoms with Crippen molar-refractivity contribution in [1.82, 2.24) is 19.7 Å². The van der Waals surface area contributed by atoms with Gasteiger partial charge < -0.3 is 10.7 Å². The van der Waals surface area contributed by atoms with Gasteiger partial charge in [-0.3, -0.25) is 0 Å². The molecule has 16 heavy (non-hydrogen) atoms. The summed E-state index contributed by atoms with van der Waals surface area (Å²) in [7, 11) is 0. The number of nitrogens with zero attached hydrogens (tertiary/aromatic N) is 3. The first-order valence-electron chi connectivity index (χ1n) is 4.69. The number of fused-ring (bicyclic) bond motifs is 1. The first-order valence-corrected chi connectivity index (χ1v) is 4.69. The molecule has 0 fully saturated rings. The summed E-state index contributed by atoms with van der Waals surface area (Å²) in [4.78, 5) is 6.93. The SMILES string of the molecule is Nc1ccn(-c2ncc(F)c3cc[nH]c23)n1. The highest BCUT2D eigenvalue weighted by molar-refractivity contribution is 5.85. The molecule has 0 saturated heterocycles. The molecular formula is C10H8FN5. The van der Waals surface area contributed by atoms with Gasteiger partial charge in [-0.1, -0.05) is 0 Å². The molecule has 0 atom stereocenters. The summed E-state index contributed by atoms with van der Waals surface area (Å²) in [5.41, 5.74) is 6.12. The van der Waals surface area contributed by atoms with Gasteiger partial charge in [0.15, 0.2) is 11.6 Å². The second kappa shape index (κ2) is 3.06. The summed E-state index contributed by atoms with van der Waals surface area (Å²) in [6.07, 6.45) is 4.50. The van der Waals surface area contributed by atoms with E-state index in [1.54, 1.807) is 24.5 Å². The Morgan fingerprint density at radius 1 is 1.38 bits per heavy atom. The first kappa shape index (κ1) is 8.90. The highest BCUT2D eigenvalue weighted by Gasteiger charge is 2.10. The molecule has 0 amide bonds. The Labute approximate surface area is 89.7 Å². The van der Waals surface area contributed by atoms with Crippen LogP contribution in [-0.2, 0) is 0 Å². The quantitative estimate of drug-likeness (QED) is 0.648. The Morgan fingerprint density at radius 2 is 2.25 bits per heavy atom. The normalized spacial score (nSPS) is 11.1. The lowest BCUT2D eigenvalue weighted by Gasteiger charge is -2.02. The van der Waals surface area contributed by atoms with Gasteiger partial charge in [-0.2, -0.15) is 0 Å². The van der Waals surface area contributed by atoms with Crippen LogP contribution in [0.15, 0.2) is 30.7 Å². The smallest absolute Gasteiger partial charge is 0.178 e. The molecule has 3 aromatic rings. The van der Waals surface area contributed by atoms with Crippen LogP contribution >= 0.6 is 0 Å². The molecule has 0 aliphatic heterocycles. The van der Waals surface area contributed by atoms with Crippen molar-refractivity contribution < 1.29 is 4.39 Å². The van der Waals surface area contributed by atoms with E-state index in [9.17, 15) is 4.39 Å². The van der Waals surface area contributed by atoms with Gasteiger partial charge in [0, 0.05) is 23.8 Å². The number of anilines is 1. The van der Waals surface area contributed by atoms with Crippen LogP contribution in [0.1, 0.15) is 0 Å². The Bertz CT molecular complexity index is 654. The highest BCUT2D eigenvalue weighted by Crippen LogP contribution is 2.21. The van der Waals surface area contributed by atoms with Crippen LogP contribution in [0.3, 0.4) is 0 Å². The molecule has 0 aliphatic carbocycles. The van der Waals surface area contributed by atoms with Crippen molar-refractivity contribution in [1.29, 1.82) is 0 Å². The summed E-state index contributed by atoms with van der Waals surface area (Å²) < 4.78 is 14.9. The van der Waals surface area contributed by atoms with Crippen molar-refractivity contribution in [2.75, 3.05) is 5.73 Å². The van der Waals surface area contributed by atoms with Crippen molar-refractivity contribution in [2.24, 2.45) is 0 Å². The van der Waals surface area contributed by atoms with Crippen LogP contribution in [0.25, 0.3) is 16.7 Å².